The molecule has 1 aliphatic carbocycles. The first-order valence-corrected chi connectivity index (χ1v) is 7.15. The number of nitrogens with one attached hydrogen (secondary N) is 1. The van der Waals surface area contributed by atoms with Crippen LogP contribution in [0.15, 0.2) is 16.7 Å². The molecule has 1 aliphatic rings. The van der Waals surface area contributed by atoms with Crippen molar-refractivity contribution in [2.45, 2.75) is 31.7 Å². The normalized spacial score (nSPS) is 24.6. The molecule has 94 valence electrons. The molecule has 3 N–H and O–H groups in total. The van der Waals surface area contributed by atoms with Gasteiger partial charge in [-0.05, 0) is 47.3 Å². The monoisotopic (exact) mass is 317 g/mol. The zero-order valence-electron chi connectivity index (χ0n) is 9.63. The predicted octanol–water partition coefficient (Wildman–Crippen LogP) is 3.43. The van der Waals surface area contributed by atoms with Crippen LogP contribution in [-0.2, 0) is 0 Å². The SMILES string of the molecule is NCC1CCCCC1Nc1ncc(Cl)cc1Br. The largest absolute Gasteiger partial charge is 0.366 e. The third-order valence-electron chi connectivity index (χ3n) is 3.34. The van der Waals surface area contributed by atoms with Crippen LogP contribution in [0.5, 0.6) is 0 Å². The van der Waals surface area contributed by atoms with E-state index >= 15 is 0 Å². The van der Waals surface area contributed by atoms with Gasteiger partial charge in [-0.15, -0.1) is 0 Å². The van der Waals surface area contributed by atoms with Crippen LogP contribution < -0.4 is 11.1 Å². The summed E-state index contributed by atoms with van der Waals surface area (Å²) in [4.78, 5) is 4.31. The Hall–Kier alpha value is -0.320. The fourth-order valence-corrected chi connectivity index (χ4v) is 3.13. The van der Waals surface area contributed by atoms with Gasteiger partial charge in [0, 0.05) is 12.2 Å². The number of nitrogens with zero attached hydrogens (tertiary/aromatic N) is 1. The molecule has 0 saturated heterocycles. The number of anilines is 1. The molecule has 1 heterocycles. The average molecular weight is 319 g/mol. The maximum atomic E-state index is 5.88. The number of hydrogen-bond acceptors (Lipinski definition) is 3. The Labute approximate surface area is 115 Å². The third-order valence-corrected chi connectivity index (χ3v) is 4.15. The molecule has 3 nitrogen and oxygen atoms in total. The third kappa shape index (κ3) is 3.33. The predicted molar refractivity (Wildman–Crippen MR) is 75.4 cm³/mol. The van der Waals surface area contributed by atoms with E-state index in [9.17, 15) is 0 Å². The highest BCUT2D eigenvalue weighted by molar-refractivity contribution is 9.10. The van der Waals surface area contributed by atoms with Crippen LogP contribution in [0.4, 0.5) is 5.82 Å². The molecule has 1 saturated carbocycles. The van der Waals surface area contributed by atoms with Gasteiger partial charge in [0.1, 0.15) is 5.82 Å². The summed E-state index contributed by atoms with van der Waals surface area (Å²) in [5.41, 5.74) is 5.82. The summed E-state index contributed by atoms with van der Waals surface area (Å²) in [5.74, 6) is 1.41. The number of halogens is 2. The number of rotatable bonds is 3. The van der Waals surface area contributed by atoms with Gasteiger partial charge in [-0.25, -0.2) is 4.98 Å². The van der Waals surface area contributed by atoms with E-state index < -0.39 is 0 Å². The van der Waals surface area contributed by atoms with Gasteiger partial charge in [0.2, 0.25) is 0 Å². The quantitative estimate of drug-likeness (QED) is 0.898. The van der Waals surface area contributed by atoms with Gasteiger partial charge < -0.3 is 11.1 Å². The molecule has 0 bridgehead atoms. The second kappa shape index (κ2) is 6.03. The van der Waals surface area contributed by atoms with Crippen molar-refractivity contribution in [3.8, 4) is 0 Å². The first-order chi connectivity index (χ1) is 8.20. The van der Waals surface area contributed by atoms with Gasteiger partial charge in [-0.1, -0.05) is 24.4 Å². The standard InChI is InChI=1S/C12H17BrClN3/c13-10-5-9(14)7-16-12(10)17-11-4-2-1-3-8(11)6-15/h5,7-8,11H,1-4,6,15H2,(H,16,17). The van der Waals surface area contributed by atoms with Crippen molar-refractivity contribution in [3.05, 3.63) is 21.8 Å². The highest BCUT2D eigenvalue weighted by atomic mass is 79.9. The molecule has 2 rings (SSSR count). The lowest BCUT2D eigenvalue weighted by Crippen LogP contribution is -2.37. The number of hydrogen-bond donors (Lipinski definition) is 2. The summed E-state index contributed by atoms with van der Waals surface area (Å²) in [6.45, 7) is 0.739. The highest BCUT2D eigenvalue weighted by Gasteiger charge is 2.24. The summed E-state index contributed by atoms with van der Waals surface area (Å²) >= 11 is 9.35. The van der Waals surface area contributed by atoms with Crippen molar-refractivity contribution in [1.82, 2.24) is 4.98 Å². The number of aromatic nitrogens is 1. The number of pyridine rings is 1. The van der Waals surface area contributed by atoms with Gasteiger partial charge >= 0.3 is 0 Å². The molecule has 2 unspecified atom stereocenters. The molecular formula is C12H17BrClN3. The fourth-order valence-electron chi connectivity index (χ4n) is 2.38. The smallest absolute Gasteiger partial charge is 0.140 e. The number of nitrogens with two attached hydrogens (primary N) is 1. The lowest BCUT2D eigenvalue weighted by atomic mass is 9.84. The molecule has 1 aromatic heterocycles. The summed E-state index contributed by atoms with van der Waals surface area (Å²) in [7, 11) is 0. The molecule has 0 radical (unpaired) electrons. The lowest BCUT2D eigenvalue weighted by molar-refractivity contribution is 0.332. The van der Waals surface area contributed by atoms with E-state index in [0.717, 1.165) is 16.8 Å². The molecule has 0 amide bonds. The van der Waals surface area contributed by atoms with Crippen LogP contribution in [-0.4, -0.2) is 17.6 Å². The van der Waals surface area contributed by atoms with Crippen LogP contribution in [0.1, 0.15) is 25.7 Å². The van der Waals surface area contributed by atoms with E-state index in [-0.39, 0.29) is 0 Å². The van der Waals surface area contributed by atoms with Crippen LogP contribution in [0.25, 0.3) is 0 Å². The summed E-state index contributed by atoms with van der Waals surface area (Å²) in [6, 6.07) is 2.29. The topological polar surface area (TPSA) is 50.9 Å². The van der Waals surface area contributed by atoms with Crippen LogP contribution in [0.3, 0.4) is 0 Å². The fraction of sp³-hybridized carbons (Fsp3) is 0.583. The van der Waals surface area contributed by atoms with E-state index in [0.29, 0.717) is 17.0 Å². The second-order valence-electron chi connectivity index (χ2n) is 4.52. The van der Waals surface area contributed by atoms with Crippen molar-refractivity contribution >= 4 is 33.3 Å². The van der Waals surface area contributed by atoms with Crippen molar-refractivity contribution in [1.29, 1.82) is 0 Å². The van der Waals surface area contributed by atoms with Gasteiger partial charge in [-0.2, -0.15) is 0 Å². The Bertz CT molecular complexity index is 386. The zero-order chi connectivity index (χ0) is 12.3. The van der Waals surface area contributed by atoms with Gasteiger partial charge in [0.15, 0.2) is 0 Å². The lowest BCUT2D eigenvalue weighted by Gasteiger charge is -2.31. The zero-order valence-corrected chi connectivity index (χ0v) is 12.0. The Morgan fingerprint density at radius 2 is 2.24 bits per heavy atom. The summed E-state index contributed by atoms with van der Waals surface area (Å²) in [5, 5.41) is 4.12. The van der Waals surface area contributed by atoms with E-state index in [1.165, 1.54) is 25.7 Å². The molecule has 5 heteroatoms. The van der Waals surface area contributed by atoms with E-state index in [1.54, 1.807) is 6.20 Å². The Balaban J connectivity index is 2.08. The van der Waals surface area contributed by atoms with E-state index in [4.69, 9.17) is 17.3 Å². The van der Waals surface area contributed by atoms with Crippen LogP contribution >= 0.6 is 27.5 Å². The van der Waals surface area contributed by atoms with E-state index in [2.05, 4.69) is 26.2 Å². The van der Waals surface area contributed by atoms with Gasteiger partial charge in [-0.3, -0.25) is 0 Å². The minimum absolute atomic E-state index is 0.429. The molecular weight excluding hydrogens is 302 g/mol. The van der Waals surface area contributed by atoms with Crippen LogP contribution in [0, 0.1) is 5.92 Å². The minimum Gasteiger partial charge on any atom is -0.366 e. The second-order valence-corrected chi connectivity index (χ2v) is 5.81. The first-order valence-electron chi connectivity index (χ1n) is 5.98. The van der Waals surface area contributed by atoms with Gasteiger partial charge in [0.05, 0.1) is 9.50 Å². The molecule has 0 aliphatic heterocycles. The maximum absolute atomic E-state index is 5.88. The average Bonchev–Trinajstić information content (AvgIpc) is 2.33. The molecule has 0 aromatic carbocycles. The highest BCUT2D eigenvalue weighted by Crippen LogP contribution is 2.29. The Morgan fingerprint density at radius 1 is 1.47 bits per heavy atom. The van der Waals surface area contributed by atoms with Crippen molar-refractivity contribution < 1.29 is 0 Å². The first kappa shape index (κ1) is 13.1. The Kier molecular flexibility index (Phi) is 4.65. The Morgan fingerprint density at radius 3 is 2.94 bits per heavy atom. The molecule has 1 aromatic rings. The van der Waals surface area contributed by atoms with Crippen molar-refractivity contribution in [3.63, 3.8) is 0 Å². The van der Waals surface area contributed by atoms with Crippen molar-refractivity contribution in [2.24, 2.45) is 11.7 Å². The van der Waals surface area contributed by atoms with E-state index in [1.807, 2.05) is 6.07 Å². The van der Waals surface area contributed by atoms with Crippen LogP contribution in [0.2, 0.25) is 5.02 Å². The molecule has 0 spiro atoms. The summed E-state index contributed by atoms with van der Waals surface area (Å²) in [6.07, 6.45) is 6.58. The minimum atomic E-state index is 0.429. The molecule has 17 heavy (non-hydrogen) atoms. The molecule has 1 fully saturated rings. The van der Waals surface area contributed by atoms with Gasteiger partial charge in [0.25, 0.3) is 0 Å². The summed E-state index contributed by atoms with van der Waals surface area (Å²) < 4.78 is 0.909. The maximum Gasteiger partial charge on any atom is 0.140 e. The van der Waals surface area contributed by atoms with Crippen molar-refractivity contribution in [2.75, 3.05) is 11.9 Å². The molecule has 2 atom stereocenters.